The van der Waals surface area contributed by atoms with Crippen LogP contribution in [0.4, 0.5) is 10.5 Å². The van der Waals surface area contributed by atoms with Gasteiger partial charge in [0.15, 0.2) is 5.82 Å². The molecule has 0 unspecified atom stereocenters. The number of benzene rings is 2. The lowest BCUT2D eigenvalue weighted by Crippen LogP contribution is -2.50. The van der Waals surface area contributed by atoms with Gasteiger partial charge in [-0.3, -0.25) is 14.8 Å². The van der Waals surface area contributed by atoms with E-state index in [2.05, 4.69) is 46.4 Å². The third-order valence-corrected chi connectivity index (χ3v) is 8.35. The van der Waals surface area contributed by atoms with Crippen molar-refractivity contribution in [1.29, 1.82) is 0 Å². The average Bonchev–Trinajstić information content (AvgIpc) is 3.09. The van der Waals surface area contributed by atoms with Crippen LogP contribution in [0.1, 0.15) is 68.2 Å². The lowest BCUT2D eigenvalue weighted by atomic mass is 9.67. The maximum absolute atomic E-state index is 13.9. The second-order valence-corrected chi connectivity index (χ2v) is 11.9. The number of aromatic amines is 2. The second kappa shape index (κ2) is 9.89. The summed E-state index contributed by atoms with van der Waals surface area (Å²) in [4.78, 5) is 30.3. The van der Waals surface area contributed by atoms with Gasteiger partial charge in [0.1, 0.15) is 0 Å². The number of amides is 3. The summed E-state index contributed by atoms with van der Waals surface area (Å²) in [7, 11) is 0. The molecule has 3 amide bonds. The zero-order valence-corrected chi connectivity index (χ0v) is 22.4. The number of aromatic nitrogens is 3. The first kappa shape index (κ1) is 25.4. The summed E-state index contributed by atoms with van der Waals surface area (Å²) in [5, 5.41) is 12.7. The summed E-state index contributed by atoms with van der Waals surface area (Å²) in [6.45, 7) is 8.46. The number of urea groups is 1. The zero-order chi connectivity index (χ0) is 26.2. The topological polar surface area (TPSA) is 97.1 Å². The van der Waals surface area contributed by atoms with Gasteiger partial charge in [0.2, 0.25) is 0 Å². The molecule has 8 nitrogen and oxygen atoms in total. The van der Waals surface area contributed by atoms with Crippen LogP contribution in [0.3, 0.4) is 0 Å². The van der Waals surface area contributed by atoms with Crippen molar-refractivity contribution in [2.45, 2.75) is 65.1 Å². The molecular formula is C28H35ClN6O2. The fourth-order valence-electron chi connectivity index (χ4n) is 5.76. The van der Waals surface area contributed by atoms with Gasteiger partial charge in [0.05, 0.1) is 18.6 Å². The van der Waals surface area contributed by atoms with Gasteiger partial charge < -0.3 is 10.2 Å². The summed E-state index contributed by atoms with van der Waals surface area (Å²) in [5.74, 6) is 1.17. The van der Waals surface area contributed by atoms with E-state index < -0.39 is 0 Å². The van der Waals surface area contributed by atoms with Crippen LogP contribution in [0.25, 0.3) is 0 Å². The molecule has 2 heterocycles. The largest absolute Gasteiger partial charge is 0.345 e. The SMILES string of the molecule is CC(C)(C)C1CCC2(CC1)CN(c1cccc(Cl)c1)C(=O)N2Cc1ccc(C(=O)NCc2n[nH][nH]2)cc1. The van der Waals surface area contributed by atoms with Crippen LogP contribution < -0.4 is 10.2 Å². The molecule has 0 bridgehead atoms. The molecule has 0 atom stereocenters. The first-order valence-electron chi connectivity index (χ1n) is 12.9. The van der Waals surface area contributed by atoms with Crippen LogP contribution >= 0.6 is 11.6 Å². The molecule has 37 heavy (non-hydrogen) atoms. The summed E-state index contributed by atoms with van der Waals surface area (Å²) in [6.07, 6.45) is 4.16. The fraction of sp³-hybridized carbons (Fsp3) is 0.464. The molecule has 3 aromatic rings. The normalized spacial score (nSPS) is 22.2. The van der Waals surface area contributed by atoms with Gasteiger partial charge in [-0.15, -0.1) is 5.10 Å². The van der Waals surface area contributed by atoms with E-state index in [1.807, 2.05) is 53.4 Å². The number of carbonyl (C=O) groups excluding carboxylic acids is 2. The van der Waals surface area contributed by atoms with Crippen LogP contribution in [0, 0.1) is 11.3 Å². The zero-order valence-electron chi connectivity index (χ0n) is 21.7. The number of hydrogen-bond acceptors (Lipinski definition) is 3. The molecule has 1 saturated heterocycles. The summed E-state index contributed by atoms with van der Waals surface area (Å²) in [6, 6.07) is 15.1. The number of hydrogen-bond donors (Lipinski definition) is 3. The van der Waals surface area contributed by atoms with E-state index in [4.69, 9.17) is 11.6 Å². The Morgan fingerprint density at radius 2 is 1.86 bits per heavy atom. The summed E-state index contributed by atoms with van der Waals surface area (Å²) in [5.41, 5.74) is 2.46. The van der Waals surface area contributed by atoms with Crippen molar-refractivity contribution in [2.24, 2.45) is 11.3 Å². The smallest absolute Gasteiger partial charge is 0.325 e. The number of nitrogens with one attached hydrogen (secondary N) is 3. The Kier molecular flexibility index (Phi) is 6.79. The number of nitrogens with zero attached hydrogens (tertiary/aromatic N) is 3. The van der Waals surface area contributed by atoms with Crippen molar-refractivity contribution in [2.75, 3.05) is 11.4 Å². The molecule has 5 rings (SSSR count). The van der Waals surface area contributed by atoms with E-state index in [1.165, 1.54) is 0 Å². The van der Waals surface area contributed by atoms with Gasteiger partial charge >= 0.3 is 6.03 Å². The van der Waals surface area contributed by atoms with Crippen molar-refractivity contribution in [1.82, 2.24) is 25.6 Å². The van der Waals surface area contributed by atoms with Crippen molar-refractivity contribution in [3.63, 3.8) is 0 Å². The highest BCUT2D eigenvalue weighted by atomic mass is 35.5. The molecule has 0 radical (unpaired) electrons. The standard InChI is InChI=1S/C28H35ClN6O2/c1-27(2,3)21-11-13-28(14-12-21)18-34(23-6-4-5-22(29)15-23)26(37)35(28)17-19-7-9-20(10-8-19)25(36)30-16-24-31-33-32-24/h4-10,15,21,33H,11-14,16-18H2,1-3H3,(H,30,36)(H,31,32). The summed E-state index contributed by atoms with van der Waals surface area (Å²) < 4.78 is 0. The molecule has 196 valence electrons. The van der Waals surface area contributed by atoms with E-state index >= 15 is 0 Å². The van der Waals surface area contributed by atoms with Gasteiger partial charge in [-0.25, -0.2) is 10.0 Å². The molecule has 1 aliphatic heterocycles. The molecule has 2 aliphatic rings. The fourth-order valence-corrected chi connectivity index (χ4v) is 5.94. The second-order valence-electron chi connectivity index (χ2n) is 11.5. The van der Waals surface area contributed by atoms with Crippen molar-refractivity contribution in [3.05, 3.63) is 70.5 Å². The molecule has 1 aliphatic carbocycles. The molecule has 3 N–H and O–H groups in total. The molecule has 1 saturated carbocycles. The molecule has 1 aromatic heterocycles. The Bertz CT molecular complexity index is 1240. The highest BCUT2D eigenvalue weighted by Gasteiger charge is 2.52. The van der Waals surface area contributed by atoms with Crippen molar-refractivity contribution in [3.8, 4) is 0 Å². The van der Waals surface area contributed by atoms with Crippen molar-refractivity contribution < 1.29 is 9.59 Å². The number of rotatable bonds is 6. The van der Waals surface area contributed by atoms with Gasteiger partial charge in [-0.05, 0) is 72.9 Å². The predicted octanol–water partition coefficient (Wildman–Crippen LogP) is 5.74. The average molecular weight is 523 g/mol. The van der Waals surface area contributed by atoms with Crippen molar-refractivity contribution >= 4 is 29.2 Å². The number of anilines is 1. The quantitative estimate of drug-likeness (QED) is 0.385. The van der Waals surface area contributed by atoms with Crippen LogP contribution in [0.2, 0.25) is 5.02 Å². The van der Waals surface area contributed by atoms with E-state index in [1.54, 1.807) is 0 Å². The Morgan fingerprint density at radius 1 is 1.16 bits per heavy atom. The first-order chi connectivity index (χ1) is 17.6. The monoisotopic (exact) mass is 522 g/mol. The Balaban J connectivity index is 1.35. The molecule has 1 spiro atoms. The van der Waals surface area contributed by atoms with Gasteiger partial charge in [0.25, 0.3) is 5.91 Å². The first-order valence-corrected chi connectivity index (χ1v) is 13.3. The molecular weight excluding hydrogens is 488 g/mol. The highest BCUT2D eigenvalue weighted by Crippen LogP contribution is 2.47. The number of carbonyl (C=O) groups is 2. The minimum atomic E-state index is -0.221. The molecule has 9 heteroatoms. The minimum Gasteiger partial charge on any atom is -0.345 e. The minimum absolute atomic E-state index is 0.0145. The maximum Gasteiger partial charge on any atom is 0.325 e. The van der Waals surface area contributed by atoms with Crippen LogP contribution in [-0.2, 0) is 13.1 Å². The molecule has 2 aromatic carbocycles. The van der Waals surface area contributed by atoms with Gasteiger partial charge in [0, 0.05) is 22.8 Å². The number of halogens is 1. The third-order valence-electron chi connectivity index (χ3n) is 8.11. The Hall–Kier alpha value is -3.26. The van der Waals surface area contributed by atoms with Crippen LogP contribution in [0.15, 0.2) is 48.5 Å². The predicted molar refractivity (Wildman–Crippen MR) is 144 cm³/mol. The van der Waals surface area contributed by atoms with Gasteiger partial charge in [-0.2, -0.15) is 0 Å². The summed E-state index contributed by atoms with van der Waals surface area (Å²) >= 11 is 6.28. The van der Waals surface area contributed by atoms with Crippen LogP contribution in [-0.4, -0.2) is 44.3 Å². The lowest BCUT2D eigenvalue weighted by molar-refractivity contribution is 0.0631. The van der Waals surface area contributed by atoms with Gasteiger partial charge in [-0.1, -0.05) is 50.6 Å². The lowest BCUT2D eigenvalue weighted by Gasteiger charge is -2.45. The van der Waals surface area contributed by atoms with Crippen LogP contribution in [0.5, 0.6) is 0 Å². The molecule has 2 fully saturated rings. The van der Waals surface area contributed by atoms with E-state index in [9.17, 15) is 9.59 Å². The number of H-pyrrole nitrogens is 2. The third kappa shape index (κ3) is 5.25. The highest BCUT2D eigenvalue weighted by molar-refractivity contribution is 6.30. The Labute approximate surface area is 222 Å². The Morgan fingerprint density at radius 3 is 2.46 bits per heavy atom. The van der Waals surface area contributed by atoms with E-state index in [0.29, 0.717) is 42.0 Å². The maximum atomic E-state index is 13.9. The van der Waals surface area contributed by atoms with E-state index in [-0.39, 0.29) is 22.9 Å². The van der Waals surface area contributed by atoms with E-state index in [0.717, 1.165) is 36.9 Å².